The van der Waals surface area contributed by atoms with Crippen LogP contribution in [0.1, 0.15) is 6.42 Å². The third-order valence-corrected chi connectivity index (χ3v) is 2.99. The van der Waals surface area contributed by atoms with E-state index in [1.807, 2.05) is 0 Å². The van der Waals surface area contributed by atoms with Crippen LogP contribution in [-0.2, 0) is 10.2 Å². The van der Waals surface area contributed by atoms with Gasteiger partial charge in [-0.1, -0.05) is 0 Å². The highest BCUT2D eigenvalue weighted by molar-refractivity contribution is 7.87. The van der Waals surface area contributed by atoms with Crippen LogP contribution in [0.4, 0.5) is 0 Å². The average Bonchev–Trinajstić information content (AvgIpc) is 2.36. The molecule has 0 aromatic rings. The van der Waals surface area contributed by atoms with Crippen LogP contribution in [0.5, 0.6) is 0 Å². The van der Waals surface area contributed by atoms with E-state index >= 15 is 0 Å². The Hall–Kier alpha value is -0.460. The Labute approximate surface area is 66.1 Å². The summed E-state index contributed by atoms with van der Waals surface area (Å²) < 4.78 is 26.2. The van der Waals surface area contributed by atoms with Crippen molar-refractivity contribution in [2.45, 2.75) is 12.5 Å². The molecule has 6 heteroatoms. The van der Waals surface area contributed by atoms with Crippen molar-refractivity contribution < 1.29 is 8.42 Å². The molecule has 11 heavy (non-hydrogen) atoms. The highest BCUT2D eigenvalue weighted by Gasteiger charge is 2.28. The first-order valence-electron chi connectivity index (χ1n) is 3.30. The fourth-order valence-corrected chi connectivity index (χ4v) is 1.92. The summed E-state index contributed by atoms with van der Waals surface area (Å²) in [5.41, 5.74) is 5.51. The molecule has 1 rings (SSSR count). The summed E-state index contributed by atoms with van der Waals surface area (Å²) >= 11 is 0. The lowest BCUT2D eigenvalue weighted by atomic mass is 10.3. The molecule has 1 fully saturated rings. The van der Waals surface area contributed by atoms with Crippen LogP contribution in [0, 0.1) is 0 Å². The maximum atomic E-state index is 11.0. The molecule has 1 saturated heterocycles. The minimum Gasteiger partial charge on any atom is -0.326 e. The molecular formula is C5H11N3O2S. The van der Waals surface area contributed by atoms with E-state index in [1.165, 1.54) is 4.31 Å². The van der Waals surface area contributed by atoms with E-state index in [0.717, 1.165) is 0 Å². The standard InChI is InChI=1S/C5H11N3O2S/c1-7-11(9,10)8-3-2-5(6)4-8/h5H,1-4,6H2/t5-/m1/s1. The van der Waals surface area contributed by atoms with Gasteiger partial charge in [0, 0.05) is 25.8 Å². The molecule has 0 spiro atoms. The minimum atomic E-state index is -3.46. The van der Waals surface area contributed by atoms with E-state index in [4.69, 9.17) is 5.73 Å². The Morgan fingerprint density at radius 3 is 2.64 bits per heavy atom. The van der Waals surface area contributed by atoms with Gasteiger partial charge in [0.15, 0.2) is 0 Å². The van der Waals surface area contributed by atoms with Gasteiger partial charge in [-0.3, -0.25) is 0 Å². The van der Waals surface area contributed by atoms with Crippen LogP contribution < -0.4 is 5.73 Å². The molecule has 1 heterocycles. The van der Waals surface area contributed by atoms with Crippen LogP contribution in [0.25, 0.3) is 0 Å². The number of hydrogen-bond acceptors (Lipinski definition) is 3. The number of hydrogen-bond donors (Lipinski definition) is 1. The summed E-state index contributed by atoms with van der Waals surface area (Å²) in [7, 11) is -3.46. The van der Waals surface area contributed by atoms with E-state index in [0.29, 0.717) is 19.5 Å². The molecule has 2 N–H and O–H groups in total. The third-order valence-electron chi connectivity index (χ3n) is 1.68. The number of nitrogens with zero attached hydrogens (tertiary/aromatic N) is 2. The van der Waals surface area contributed by atoms with Gasteiger partial charge in [-0.05, 0) is 6.42 Å². The van der Waals surface area contributed by atoms with Gasteiger partial charge in [-0.25, -0.2) is 0 Å². The first-order chi connectivity index (χ1) is 5.06. The molecule has 0 bridgehead atoms. The Morgan fingerprint density at radius 2 is 2.27 bits per heavy atom. The fraction of sp³-hybridized carbons (Fsp3) is 0.800. The number of nitrogens with two attached hydrogens (primary N) is 1. The molecule has 0 aromatic heterocycles. The zero-order chi connectivity index (χ0) is 8.48. The predicted molar refractivity (Wildman–Crippen MR) is 42.6 cm³/mol. The van der Waals surface area contributed by atoms with Crippen LogP contribution in [0.15, 0.2) is 4.40 Å². The maximum absolute atomic E-state index is 11.0. The zero-order valence-corrected chi connectivity index (χ0v) is 6.92. The van der Waals surface area contributed by atoms with Crippen LogP contribution >= 0.6 is 0 Å². The molecule has 0 unspecified atom stereocenters. The predicted octanol–water partition coefficient (Wildman–Crippen LogP) is -1.04. The van der Waals surface area contributed by atoms with Crippen molar-refractivity contribution in [1.82, 2.24) is 4.31 Å². The summed E-state index contributed by atoms with van der Waals surface area (Å²) in [5, 5.41) is 0. The highest BCUT2D eigenvalue weighted by atomic mass is 32.2. The molecule has 0 aliphatic carbocycles. The molecule has 0 amide bonds. The molecule has 64 valence electrons. The summed E-state index contributed by atoms with van der Waals surface area (Å²) in [6.07, 6.45) is 0.703. The number of rotatable bonds is 2. The van der Waals surface area contributed by atoms with Gasteiger partial charge in [-0.15, -0.1) is 0 Å². The monoisotopic (exact) mass is 177 g/mol. The second-order valence-corrected chi connectivity index (χ2v) is 4.18. The summed E-state index contributed by atoms with van der Waals surface area (Å²) in [6.45, 7) is 3.80. The zero-order valence-electron chi connectivity index (χ0n) is 6.10. The van der Waals surface area contributed by atoms with Crippen LogP contribution in [-0.4, -0.2) is 38.6 Å². The topological polar surface area (TPSA) is 75.8 Å². The van der Waals surface area contributed by atoms with Crippen molar-refractivity contribution in [2.75, 3.05) is 13.1 Å². The molecule has 0 saturated carbocycles. The van der Waals surface area contributed by atoms with Crippen molar-refractivity contribution >= 4 is 16.9 Å². The second kappa shape index (κ2) is 2.88. The second-order valence-electron chi connectivity index (χ2n) is 2.51. The smallest absolute Gasteiger partial charge is 0.321 e. The average molecular weight is 177 g/mol. The maximum Gasteiger partial charge on any atom is 0.321 e. The largest absolute Gasteiger partial charge is 0.326 e. The van der Waals surface area contributed by atoms with Gasteiger partial charge >= 0.3 is 10.2 Å². The van der Waals surface area contributed by atoms with E-state index in [2.05, 4.69) is 11.1 Å². The van der Waals surface area contributed by atoms with E-state index in [9.17, 15) is 8.42 Å². The first-order valence-corrected chi connectivity index (χ1v) is 4.69. The Bertz CT molecular complexity index is 248. The first kappa shape index (κ1) is 8.63. The summed E-state index contributed by atoms with van der Waals surface area (Å²) in [6, 6.07) is -0.0495. The van der Waals surface area contributed by atoms with Gasteiger partial charge in [0.25, 0.3) is 0 Å². The van der Waals surface area contributed by atoms with Gasteiger partial charge in [-0.2, -0.15) is 17.1 Å². The SMILES string of the molecule is C=NS(=O)(=O)N1CC[C@@H](N)C1. The lowest BCUT2D eigenvalue weighted by Gasteiger charge is -2.10. The van der Waals surface area contributed by atoms with Crippen molar-refractivity contribution in [3.8, 4) is 0 Å². The lowest BCUT2D eigenvalue weighted by Crippen LogP contribution is -2.30. The van der Waals surface area contributed by atoms with Crippen molar-refractivity contribution in [2.24, 2.45) is 10.1 Å². The van der Waals surface area contributed by atoms with E-state index in [1.54, 1.807) is 0 Å². The summed E-state index contributed by atoms with van der Waals surface area (Å²) in [5.74, 6) is 0. The van der Waals surface area contributed by atoms with Crippen molar-refractivity contribution in [3.63, 3.8) is 0 Å². The third kappa shape index (κ3) is 1.76. The Morgan fingerprint density at radius 1 is 1.64 bits per heavy atom. The molecule has 1 atom stereocenters. The summed E-state index contributed by atoms with van der Waals surface area (Å²) in [4.78, 5) is 0. The van der Waals surface area contributed by atoms with Crippen molar-refractivity contribution in [1.29, 1.82) is 0 Å². The van der Waals surface area contributed by atoms with Gasteiger partial charge < -0.3 is 5.73 Å². The molecular weight excluding hydrogens is 166 g/mol. The molecule has 5 nitrogen and oxygen atoms in total. The normalized spacial score (nSPS) is 27.2. The van der Waals surface area contributed by atoms with Gasteiger partial charge in [0.05, 0.1) is 0 Å². The quantitative estimate of drug-likeness (QED) is 0.548. The molecule has 1 aliphatic heterocycles. The molecule has 1 aliphatic rings. The highest BCUT2D eigenvalue weighted by Crippen LogP contribution is 2.12. The van der Waals surface area contributed by atoms with Crippen LogP contribution in [0.3, 0.4) is 0 Å². The fourth-order valence-electron chi connectivity index (χ4n) is 1.05. The Kier molecular flexibility index (Phi) is 2.26. The van der Waals surface area contributed by atoms with Gasteiger partial charge in [0.1, 0.15) is 0 Å². The Balaban J connectivity index is 2.71. The van der Waals surface area contributed by atoms with E-state index in [-0.39, 0.29) is 6.04 Å². The molecule has 0 radical (unpaired) electrons. The minimum absolute atomic E-state index is 0.0495. The van der Waals surface area contributed by atoms with Crippen molar-refractivity contribution in [3.05, 3.63) is 0 Å². The molecule has 0 aromatic carbocycles. The van der Waals surface area contributed by atoms with Crippen LogP contribution in [0.2, 0.25) is 0 Å². The van der Waals surface area contributed by atoms with E-state index < -0.39 is 10.2 Å². The lowest BCUT2D eigenvalue weighted by molar-refractivity contribution is 0.474. The van der Waals surface area contributed by atoms with Gasteiger partial charge in [0.2, 0.25) is 0 Å².